The van der Waals surface area contributed by atoms with E-state index in [1.165, 1.54) is 0 Å². The van der Waals surface area contributed by atoms with Gasteiger partial charge in [0.2, 0.25) is 15.9 Å². The molecular weight excluding hydrogens is 350 g/mol. The standard InChI is InChI=1S/C20H23NO4S/c1-3-4-13-26(24,25)21-20(23)15(2)17-11-8-12-18(14-17)19(22)16-9-6-5-7-10-16/h5-12,14-15H,3-4,13H2,1-2H3,(H,21,23). The van der Waals surface area contributed by atoms with Gasteiger partial charge in [-0.2, -0.15) is 0 Å². The van der Waals surface area contributed by atoms with E-state index in [9.17, 15) is 18.0 Å². The quantitative estimate of drug-likeness (QED) is 0.720. The summed E-state index contributed by atoms with van der Waals surface area (Å²) in [5, 5.41) is 0. The number of rotatable bonds is 8. The summed E-state index contributed by atoms with van der Waals surface area (Å²) >= 11 is 0. The summed E-state index contributed by atoms with van der Waals surface area (Å²) in [6.45, 7) is 3.51. The summed E-state index contributed by atoms with van der Waals surface area (Å²) in [5.41, 5.74) is 1.61. The first kappa shape index (κ1) is 19.8. The van der Waals surface area contributed by atoms with Crippen molar-refractivity contribution in [2.75, 3.05) is 5.75 Å². The number of benzene rings is 2. The zero-order valence-electron chi connectivity index (χ0n) is 14.9. The van der Waals surface area contributed by atoms with Crippen LogP contribution >= 0.6 is 0 Å². The van der Waals surface area contributed by atoms with Crippen LogP contribution in [-0.4, -0.2) is 25.9 Å². The van der Waals surface area contributed by atoms with E-state index in [0.29, 0.717) is 23.1 Å². The highest BCUT2D eigenvalue weighted by molar-refractivity contribution is 7.90. The minimum Gasteiger partial charge on any atom is -0.289 e. The SMILES string of the molecule is CCCCS(=O)(=O)NC(=O)C(C)c1cccc(C(=O)c2ccccc2)c1. The van der Waals surface area contributed by atoms with Gasteiger partial charge < -0.3 is 0 Å². The lowest BCUT2D eigenvalue weighted by Gasteiger charge is -2.14. The van der Waals surface area contributed by atoms with Crippen LogP contribution in [0.2, 0.25) is 0 Å². The van der Waals surface area contributed by atoms with Gasteiger partial charge in [-0.3, -0.25) is 14.3 Å². The Morgan fingerprint density at radius 3 is 2.31 bits per heavy atom. The van der Waals surface area contributed by atoms with Crippen molar-refractivity contribution in [3.8, 4) is 0 Å². The predicted octanol–water partition coefficient (Wildman–Crippen LogP) is 3.27. The fourth-order valence-electron chi connectivity index (χ4n) is 2.48. The number of ketones is 1. The summed E-state index contributed by atoms with van der Waals surface area (Å²) in [4.78, 5) is 24.8. The van der Waals surface area contributed by atoms with Crippen molar-refractivity contribution in [2.45, 2.75) is 32.6 Å². The maximum atomic E-state index is 12.5. The van der Waals surface area contributed by atoms with Gasteiger partial charge in [0.15, 0.2) is 5.78 Å². The maximum Gasteiger partial charge on any atom is 0.240 e. The van der Waals surface area contributed by atoms with Gasteiger partial charge in [0.25, 0.3) is 0 Å². The van der Waals surface area contributed by atoms with Crippen LogP contribution in [0, 0.1) is 0 Å². The van der Waals surface area contributed by atoms with E-state index < -0.39 is 21.8 Å². The lowest BCUT2D eigenvalue weighted by atomic mass is 9.95. The molecule has 0 aliphatic heterocycles. The van der Waals surface area contributed by atoms with E-state index >= 15 is 0 Å². The molecule has 2 aromatic rings. The Labute approximate surface area is 154 Å². The largest absolute Gasteiger partial charge is 0.289 e. The van der Waals surface area contributed by atoms with Crippen LogP contribution in [0.25, 0.3) is 0 Å². The third kappa shape index (κ3) is 5.26. The molecule has 138 valence electrons. The molecule has 26 heavy (non-hydrogen) atoms. The van der Waals surface area contributed by atoms with Crippen LogP contribution in [0.3, 0.4) is 0 Å². The van der Waals surface area contributed by atoms with Gasteiger partial charge >= 0.3 is 0 Å². The smallest absolute Gasteiger partial charge is 0.240 e. The molecule has 0 aromatic heterocycles. The normalized spacial score (nSPS) is 12.4. The average Bonchev–Trinajstić information content (AvgIpc) is 2.65. The van der Waals surface area contributed by atoms with Crippen molar-refractivity contribution in [1.82, 2.24) is 4.72 Å². The molecule has 1 amide bonds. The van der Waals surface area contributed by atoms with Crippen molar-refractivity contribution >= 4 is 21.7 Å². The van der Waals surface area contributed by atoms with E-state index in [4.69, 9.17) is 0 Å². The maximum absolute atomic E-state index is 12.5. The monoisotopic (exact) mass is 373 g/mol. The van der Waals surface area contributed by atoms with Crippen molar-refractivity contribution < 1.29 is 18.0 Å². The topological polar surface area (TPSA) is 80.3 Å². The summed E-state index contributed by atoms with van der Waals surface area (Å²) in [6.07, 6.45) is 1.23. The highest BCUT2D eigenvalue weighted by atomic mass is 32.2. The van der Waals surface area contributed by atoms with E-state index in [1.54, 1.807) is 55.5 Å². The summed E-state index contributed by atoms with van der Waals surface area (Å²) in [5.74, 6) is -1.50. The highest BCUT2D eigenvalue weighted by Crippen LogP contribution is 2.19. The Kier molecular flexibility index (Phi) is 6.69. The highest BCUT2D eigenvalue weighted by Gasteiger charge is 2.21. The van der Waals surface area contributed by atoms with Crippen LogP contribution < -0.4 is 4.72 Å². The minimum atomic E-state index is -3.63. The molecule has 5 nitrogen and oxygen atoms in total. The Balaban J connectivity index is 2.16. The number of amides is 1. The van der Waals surface area contributed by atoms with Crippen molar-refractivity contribution in [3.63, 3.8) is 0 Å². The van der Waals surface area contributed by atoms with Crippen molar-refractivity contribution in [3.05, 3.63) is 71.3 Å². The molecule has 0 aliphatic carbocycles. The van der Waals surface area contributed by atoms with Gasteiger partial charge in [-0.1, -0.05) is 61.9 Å². The van der Waals surface area contributed by atoms with Crippen LogP contribution in [0.5, 0.6) is 0 Å². The molecule has 2 aromatic carbocycles. The van der Waals surface area contributed by atoms with Gasteiger partial charge in [-0.15, -0.1) is 0 Å². The van der Waals surface area contributed by atoms with Gasteiger partial charge in [0, 0.05) is 11.1 Å². The molecule has 0 aliphatic rings. The lowest BCUT2D eigenvalue weighted by Crippen LogP contribution is -2.35. The van der Waals surface area contributed by atoms with Gasteiger partial charge in [-0.25, -0.2) is 8.42 Å². The molecule has 1 N–H and O–H groups in total. The molecular formula is C20H23NO4S. The number of unbranched alkanes of at least 4 members (excludes halogenated alkanes) is 1. The van der Waals surface area contributed by atoms with E-state index in [1.807, 2.05) is 13.0 Å². The summed E-state index contributed by atoms with van der Waals surface area (Å²) in [6, 6.07) is 15.6. The molecule has 2 rings (SSSR count). The van der Waals surface area contributed by atoms with E-state index in [0.717, 1.165) is 6.42 Å². The molecule has 0 radical (unpaired) electrons. The fourth-order valence-corrected chi connectivity index (χ4v) is 3.74. The Bertz CT molecular complexity index is 876. The molecule has 0 saturated carbocycles. The number of hydrogen-bond donors (Lipinski definition) is 1. The molecule has 1 unspecified atom stereocenters. The number of sulfonamides is 1. The first-order valence-electron chi connectivity index (χ1n) is 8.58. The van der Waals surface area contributed by atoms with Crippen LogP contribution in [0.4, 0.5) is 0 Å². The average molecular weight is 373 g/mol. The number of carbonyl (C=O) groups is 2. The lowest BCUT2D eigenvalue weighted by molar-refractivity contribution is -0.120. The van der Waals surface area contributed by atoms with Crippen molar-refractivity contribution in [1.29, 1.82) is 0 Å². The van der Waals surface area contributed by atoms with E-state index in [2.05, 4.69) is 4.72 Å². The number of carbonyl (C=O) groups excluding carboxylic acids is 2. The Morgan fingerprint density at radius 2 is 1.65 bits per heavy atom. The minimum absolute atomic E-state index is 0.0749. The summed E-state index contributed by atoms with van der Waals surface area (Å²) < 4.78 is 25.9. The summed E-state index contributed by atoms with van der Waals surface area (Å²) in [7, 11) is -3.63. The molecule has 0 saturated heterocycles. The zero-order valence-corrected chi connectivity index (χ0v) is 15.8. The first-order valence-corrected chi connectivity index (χ1v) is 10.2. The van der Waals surface area contributed by atoms with Crippen LogP contribution in [0.1, 0.15) is 54.1 Å². The second kappa shape index (κ2) is 8.76. The second-order valence-corrected chi connectivity index (χ2v) is 8.02. The van der Waals surface area contributed by atoms with Crippen molar-refractivity contribution in [2.24, 2.45) is 0 Å². The molecule has 1 atom stereocenters. The predicted molar refractivity (Wildman–Crippen MR) is 102 cm³/mol. The van der Waals surface area contributed by atoms with Crippen LogP contribution in [-0.2, 0) is 14.8 Å². The molecule has 6 heteroatoms. The fraction of sp³-hybridized carbons (Fsp3) is 0.300. The van der Waals surface area contributed by atoms with E-state index in [-0.39, 0.29) is 11.5 Å². The Hall–Kier alpha value is -2.47. The molecule has 0 bridgehead atoms. The third-order valence-corrected chi connectivity index (χ3v) is 5.44. The molecule has 0 spiro atoms. The number of nitrogens with one attached hydrogen (secondary N) is 1. The first-order chi connectivity index (χ1) is 12.3. The molecule has 0 fully saturated rings. The van der Waals surface area contributed by atoms with Crippen LogP contribution in [0.15, 0.2) is 54.6 Å². The second-order valence-electron chi connectivity index (χ2n) is 6.18. The van der Waals surface area contributed by atoms with Gasteiger partial charge in [-0.05, 0) is 25.0 Å². The third-order valence-electron chi connectivity index (χ3n) is 4.10. The zero-order chi connectivity index (χ0) is 19.2. The molecule has 0 heterocycles. The van der Waals surface area contributed by atoms with Gasteiger partial charge in [0.05, 0.1) is 11.7 Å². The number of hydrogen-bond acceptors (Lipinski definition) is 4. The van der Waals surface area contributed by atoms with Gasteiger partial charge in [0.1, 0.15) is 0 Å². The Morgan fingerprint density at radius 1 is 1.00 bits per heavy atom.